The van der Waals surface area contributed by atoms with Gasteiger partial charge in [-0.2, -0.15) is 4.89 Å². The number of rotatable bonds is 3. The van der Waals surface area contributed by atoms with E-state index in [1.165, 1.54) is 6.92 Å². The molecule has 0 aromatic rings. The molecule has 4 nitrogen and oxygen atoms in total. The number of carbonyl (C=O) groups excluding carboxylic acids is 1. The molecule has 0 spiro atoms. The summed E-state index contributed by atoms with van der Waals surface area (Å²) in [6, 6.07) is 0. The van der Waals surface area contributed by atoms with E-state index in [4.69, 9.17) is 0 Å². The Morgan fingerprint density at radius 1 is 1.33 bits per heavy atom. The molecule has 0 radical (unpaired) electrons. The fraction of sp³-hybridized carbons (Fsp3) is 0.625. The van der Waals surface area contributed by atoms with Crippen molar-refractivity contribution in [1.82, 2.24) is 0 Å². The topological polar surface area (TPSA) is 44.8 Å². The van der Waals surface area contributed by atoms with Crippen LogP contribution in [0.15, 0.2) is 12.2 Å². The van der Waals surface area contributed by atoms with E-state index in [1.807, 2.05) is 0 Å². The zero-order valence-corrected chi connectivity index (χ0v) is 7.84. The molecule has 0 aliphatic rings. The van der Waals surface area contributed by atoms with Crippen LogP contribution < -0.4 is 0 Å². The summed E-state index contributed by atoms with van der Waals surface area (Å²) in [5, 5.41) is 4.21. The Morgan fingerprint density at radius 3 is 2.17 bits per heavy atom. The van der Waals surface area contributed by atoms with Crippen molar-refractivity contribution in [3.63, 3.8) is 0 Å². The molecule has 0 fully saturated rings. The third-order valence-electron chi connectivity index (χ3n) is 0.742. The van der Waals surface area contributed by atoms with Crippen LogP contribution in [0.5, 0.6) is 0 Å². The van der Waals surface area contributed by atoms with Crippen LogP contribution in [0.2, 0.25) is 0 Å². The molecule has 0 unspecified atom stereocenters. The van der Waals surface area contributed by atoms with Crippen LogP contribution in [0, 0.1) is 0 Å². The summed E-state index contributed by atoms with van der Waals surface area (Å²) < 4.78 is 0. The molecule has 4 heteroatoms. The minimum Gasteiger partial charge on any atom is -0.264 e. The SMILES string of the molecule is C=C(C)C(=O)OOOC(C)(C)C. The number of carbonyl (C=O) groups is 1. The quantitative estimate of drug-likeness (QED) is 0.371. The minimum atomic E-state index is -0.640. The molecule has 0 amide bonds. The lowest BCUT2D eigenvalue weighted by Crippen LogP contribution is -2.20. The van der Waals surface area contributed by atoms with Gasteiger partial charge in [0.15, 0.2) is 0 Å². The monoisotopic (exact) mass is 174 g/mol. The van der Waals surface area contributed by atoms with Gasteiger partial charge in [0, 0.05) is 5.57 Å². The second-order valence-corrected chi connectivity index (χ2v) is 3.41. The van der Waals surface area contributed by atoms with Crippen molar-refractivity contribution in [3.8, 4) is 0 Å². The van der Waals surface area contributed by atoms with E-state index in [0.717, 1.165) is 0 Å². The Bertz CT molecular complexity index is 178. The average Bonchev–Trinajstić information content (AvgIpc) is 1.84. The van der Waals surface area contributed by atoms with Gasteiger partial charge in [-0.05, 0) is 32.7 Å². The molecule has 70 valence electrons. The van der Waals surface area contributed by atoms with Crippen molar-refractivity contribution >= 4 is 5.97 Å². The van der Waals surface area contributed by atoms with Crippen molar-refractivity contribution in [2.75, 3.05) is 0 Å². The molecule has 0 N–H and O–H groups in total. The maximum atomic E-state index is 10.7. The third-order valence-corrected chi connectivity index (χ3v) is 0.742. The largest absolute Gasteiger partial charge is 0.371 e. The molecule has 12 heavy (non-hydrogen) atoms. The van der Waals surface area contributed by atoms with E-state index >= 15 is 0 Å². The molecule has 0 aliphatic carbocycles. The predicted molar refractivity (Wildman–Crippen MR) is 42.8 cm³/mol. The van der Waals surface area contributed by atoms with Gasteiger partial charge >= 0.3 is 5.97 Å². The van der Waals surface area contributed by atoms with Crippen molar-refractivity contribution in [2.24, 2.45) is 0 Å². The normalized spacial score (nSPS) is 11.0. The zero-order valence-electron chi connectivity index (χ0n) is 7.84. The summed E-state index contributed by atoms with van der Waals surface area (Å²) in [4.78, 5) is 19.6. The van der Waals surface area contributed by atoms with Crippen molar-refractivity contribution in [1.29, 1.82) is 0 Å². The first-order valence-electron chi connectivity index (χ1n) is 3.55. The molecule has 0 aromatic carbocycles. The van der Waals surface area contributed by atoms with Crippen molar-refractivity contribution in [3.05, 3.63) is 12.2 Å². The van der Waals surface area contributed by atoms with Gasteiger partial charge in [-0.1, -0.05) is 6.58 Å². The Hall–Kier alpha value is -0.870. The first kappa shape index (κ1) is 11.1. The van der Waals surface area contributed by atoms with Crippen LogP contribution >= 0.6 is 0 Å². The molecule has 0 aromatic heterocycles. The van der Waals surface area contributed by atoms with Crippen LogP contribution in [0.1, 0.15) is 27.7 Å². The second kappa shape index (κ2) is 4.23. The van der Waals surface area contributed by atoms with E-state index < -0.39 is 11.6 Å². The Morgan fingerprint density at radius 2 is 1.83 bits per heavy atom. The minimum absolute atomic E-state index is 0.257. The lowest BCUT2D eigenvalue weighted by Gasteiger charge is -2.15. The molecule has 0 aliphatic heterocycles. The maximum Gasteiger partial charge on any atom is 0.371 e. The third kappa shape index (κ3) is 5.88. The fourth-order valence-electron chi connectivity index (χ4n) is 0.221. The first-order chi connectivity index (χ1) is 5.33. The van der Waals surface area contributed by atoms with Gasteiger partial charge in [-0.25, -0.2) is 4.79 Å². The lowest BCUT2D eigenvalue weighted by molar-refractivity contribution is -0.513. The second-order valence-electron chi connectivity index (χ2n) is 3.41. The van der Waals surface area contributed by atoms with E-state index in [1.54, 1.807) is 20.8 Å². The van der Waals surface area contributed by atoms with Gasteiger partial charge in [-0.3, -0.25) is 4.89 Å². The highest BCUT2D eigenvalue weighted by Crippen LogP contribution is 2.07. The average molecular weight is 174 g/mol. The van der Waals surface area contributed by atoms with Gasteiger partial charge in [0.25, 0.3) is 0 Å². The van der Waals surface area contributed by atoms with Crippen molar-refractivity contribution < 1.29 is 19.6 Å². The standard InChI is InChI=1S/C8H14O4/c1-6(2)7(9)10-12-11-8(3,4)5/h1H2,2-5H3. The fourth-order valence-corrected chi connectivity index (χ4v) is 0.221. The lowest BCUT2D eigenvalue weighted by atomic mass is 10.2. The molecule has 0 saturated carbocycles. The highest BCUT2D eigenvalue weighted by molar-refractivity contribution is 5.86. The van der Waals surface area contributed by atoms with Gasteiger partial charge < -0.3 is 0 Å². The zero-order chi connectivity index (χ0) is 9.78. The van der Waals surface area contributed by atoms with E-state index in [9.17, 15) is 4.79 Å². The predicted octanol–water partition coefficient (Wildman–Crippen LogP) is 1.77. The Balaban J connectivity index is 3.58. The summed E-state index contributed by atoms with van der Waals surface area (Å²) in [6.07, 6.45) is 0. The van der Waals surface area contributed by atoms with Crippen LogP contribution in [0.3, 0.4) is 0 Å². The highest BCUT2D eigenvalue weighted by atomic mass is 17.5. The van der Waals surface area contributed by atoms with Gasteiger partial charge in [-0.15, -0.1) is 0 Å². The molecule has 0 rings (SSSR count). The van der Waals surface area contributed by atoms with E-state index in [-0.39, 0.29) is 5.57 Å². The van der Waals surface area contributed by atoms with E-state index in [0.29, 0.717) is 0 Å². The molecule has 0 heterocycles. The molecule has 0 bridgehead atoms. The summed E-state index contributed by atoms with van der Waals surface area (Å²) >= 11 is 0. The summed E-state index contributed by atoms with van der Waals surface area (Å²) in [5.74, 6) is -0.640. The highest BCUT2D eigenvalue weighted by Gasteiger charge is 2.14. The van der Waals surface area contributed by atoms with Crippen molar-refractivity contribution in [2.45, 2.75) is 33.3 Å². The summed E-state index contributed by atoms with van der Waals surface area (Å²) in [7, 11) is 0. The number of hydrogen-bond donors (Lipinski definition) is 0. The Labute approximate surface area is 72.0 Å². The van der Waals surface area contributed by atoms with Crippen LogP contribution in [-0.2, 0) is 19.6 Å². The summed E-state index contributed by atoms with van der Waals surface area (Å²) in [5.41, 5.74) is -0.248. The molecular formula is C8H14O4. The van der Waals surface area contributed by atoms with Crippen LogP contribution in [0.25, 0.3) is 0 Å². The van der Waals surface area contributed by atoms with Gasteiger partial charge in [0.1, 0.15) is 0 Å². The van der Waals surface area contributed by atoms with Crippen LogP contribution in [0.4, 0.5) is 0 Å². The molecular weight excluding hydrogens is 160 g/mol. The van der Waals surface area contributed by atoms with Gasteiger partial charge in [0.05, 0.1) is 5.60 Å². The molecule has 0 saturated heterocycles. The number of hydrogen-bond acceptors (Lipinski definition) is 4. The van der Waals surface area contributed by atoms with E-state index in [2.05, 4.69) is 21.4 Å². The summed E-state index contributed by atoms with van der Waals surface area (Å²) in [6.45, 7) is 10.2. The first-order valence-corrected chi connectivity index (χ1v) is 3.55. The van der Waals surface area contributed by atoms with Crippen LogP contribution in [-0.4, -0.2) is 11.6 Å². The Kier molecular flexibility index (Phi) is 3.92. The maximum absolute atomic E-state index is 10.7. The molecule has 0 atom stereocenters. The van der Waals surface area contributed by atoms with Gasteiger partial charge in [0.2, 0.25) is 0 Å². The smallest absolute Gasteiger partial charge is 0.264 e.